The molecule has 0 aliphatic heterocycles. The summed E-state index contributed by atoms with van der Waals surface area (Å²) in [5.74, 6) is -0.0786. The standard InChI is InChI=1S/C21H21N3O2S2/c1-12(25)14-7-9-15(10-8-14)24-19(26)13(2)27-20-18-16-5-3-4-6-17(16)28-21(18)23-11-22-20/h7-11,13H,3-6H2,1-2H3,(H,24,26)/t13-/m0/s1. The molecule has 2 heterocycles. The lowest BCUT2D eigenvalue weighted by atomic mass is 9.97. The number of thiophene rings is 1. The maximum absolute atomic E-state index is 12.7. The topological polar surface area (TPSA) is 72.0 Å². The molecule has 7 heteroatoms. The van der Waals surface area contributed by atoms with Gasteiger partial charge in [-0.3, -0.25) is 9.59 Å². The lowest BCUT2D eigenvalue weighted by Crippen LogP contribution is -2.22. The number of Topliss-reactive ketones (excluding diaryl/α,β-unsaturated/α-hetero) is 1. The number of fused-ring (bicyclic) bond motifs is 3. The van der Waals surface area contributed by atoms with Crippen molar-refractivity contribution in [3.63, 3.8) is 0 Å². The zero-order chi connectivity index (χ0) is 19.7. The van der Waals surface area contributed by atoms with Crippen molar-refractivity contribution in [3.05, 3.63) is 46.6 Å². The Morgan fingerprint density at radius 2 is 1.89 bits per heavy atom. The van der Waals surface area contributed by atoms with E-state index >= 15 is 0 Å². The van der Waals surface area contributed by atoms with Crippen LogP contribution in [0, 0.1) is 0 Å². The molecule has 0 saturated heterocycles. The Morgan fingerprint density at radius 1 is 1.14 bits per heavy atom. The first-order valence-electron chi connectivity index (χ1n) is 9.36. The van der Waals surface area contributed by atoms with E-state index in [9.17, 15) is 9.59 Å². The fourth-order valence-corrected chi connectivity index (χ4v) is 5.64. The van der Waals surface area contributed by atoms with Crippen molar-refractivity contribution in [2.24, 2.45) is 0 Å². The van der Waals surface area contributed by atoms with Gasteiger partial charge in [-0.2, -0.15) is 0 Å². The molecular formula is C21H21N3O2S2. The zero-order valence-corrected chi connectivity index (χ0v) is 17.5. The SMILES string of the molecule is CC(=O)c1ccc(NC(=O)[C@H](C)Sc2ncnc3sc4c(c23)CCCC4)cc1. The molecule has 0 unspecified atom stereocenters. The maximum atomic E-state index is 12.7. The molecule has 0 fully saturated rings. The summed E-state index contributed by atoms with van der Waals surface area (Å²) in [6, 6.07) is 6.96. The number of carbonyl (C=O) groups is 2. The van der Waals surface area contributed by atoms with Gasteiger partial charge in [0.2, 0.25) is 5.91 Å². The molecule has 28 heavy (non-hydrogen) atoms. The number of ketones is 1. The molecular weight excluding hydrogens is 390 g/mol. The average molecular weight is 412 g/mol. The van der Waals surface area contributed by atoms with Crippen LogP contribution in [-0.2, 0) is 17.6 Å². The van der Waals surface area contributed by atoms with Gasteiger partial charge in [0.05, 0.1) is 5.25 Å². The predicted molar refractivity (Wildman–Crippen MR) is 114 cm³/mol. The molecule has 0 saturated carbocycles. The van der Waals surface area contributed by atoms with Crippen molar-refractivity contribution in [2.45, 2.75) is 49.8 Å². The van der Waals surface area contributed by atoms with Crippen LogP contribution in [0.1, 0.15) is 47.5 Å². The first-order valence-corrected chi connectivity index (χ1v) is 11.1. The Labute approximate surface area is 172 Å². The van der Waals surface area contributed by atoms with Gasteiger partial charge >= 0.3 is 0 Å². The molecule has 1 atom stereocenters. The molecule has 1 amide bonds. The van der Waals surface area contributed by atoms with Crippen LogP contribution in [0.25, 0.3) is 10.2 Å². The third-order valence-corrected chi connectivity index (χ3v) is 7.23. The molecule has 1 aromatic carbocycles. The van der Waals surface area contributed by atoms with Crippen LogP contribution < -0.4 is 5.32 Å². The number of rotatable bonds is 5. The van der Waals surface area contributed by atoms with Gasteiger partial charge in [0, 0.05) is 21.5 Å². The largest absolute Gasteiger partial charge is 0.325 e. The van der Waals surface area contributed by atoms with Crippen molar-refractivity contribution in [1.82, 2.24) is 9.97 Å². The summed E-state index contributed by atoms with van der Waals surface area (Å²) in [5.41, 5.74) is 2.69. The van der Waals surface area contributed by atoms with Crippen LogP contribution in [0.15, 0.2) is 35.6 Å². The van der Waals surface area contributed by atoms with Gasteiger partial charge in [-0.05, 0) is 69.4 Å². The average Bonchev–Trinajstić information content (AvgIpc) is 3.08. The Bertz CT molecular complexity index is 1040. The van der Waals surface area contributed by atoms with Gasteiger partial charge in [0.25, 0.3) is 0 Å². The van der Waals surface area contributed by atoms with Gasteiger partial charge in [0.15, 0.2) is 5.78 Å². The number of amides is 1. The molecule has 144 valence electrons. The minimum atomic E-state index is -0.301. The highest BCUT2D eigenvalue weighted by atomic mass is 32.2. The summed E-state index contributed by atoms with van der Waals surface area (Å²) in [6.07, 6.45) is 6.21. The number of benzene rings is 1. The first-order chi connectivity index (χ1) is 13.5. The maximum Gasteiger partial charge on any atom is 0.237 e. The van der Waals surface area contributed by atoms with E-state index < -0.39 is 0 Å². The highest BCUT2D eigenvalue weighted by Crippen LogP contribution is 2.40. The van der Waals surface area contributed by atoms with Gasteiger partial charge < -0.3 is 5.32 Å². The van der Waals surface area contributed by atoms with E-state index in [1.54, 1.807) is 41.9 Å². The molecule has 0 radical (unpaired) electrons. The quantitative estimate of drug-likeness (QED) is 0.368. The highest BCUT2D eigenvalue weighted by Gasteiger charge is 2.23. The smallest absolute Gasteiger partial charge is 0.237 e. The van der Waals surface area contributed by atoms with E-state index in [1.807, 2.05) is 6.92 Å². The Kier molecular flexibility index (Phi) is 5.46. The van der Waals surface area contributed by atoms with E-state index in [-0.39, 0.29) is 16.9 Å². The Morgan fingerprint density at radius 3 is 2.64 bits per heavy atom. The number of carbonyl (C=O) groups excluding carboxylic acids is 2. The highest BCUT2D eigenvalue weighted by molar-refractivity contribution is 8.00. The lowest BCUT2D eigenvalue weighted by molar-refractivity contribution is -0.115. The predicted octanol–water partition coefficient (Wildman–Crippen LogP) is 4.89. The number of hydrogen-bond acceptors (Lipinski definition) is 6. The van der Waals surface area contributed by atoms with Crippen LogP contribution >= 0.6 is 23.1 Å². The second kappa shape index (κ2) is 8.01. The molecule has 2 aromatic heterocycles. The minimum absolute atomic E-state index is 0.00803. The summed E-state index contributed by atoms with van der Waals surface area (Å²) >= 11 is 3.24. The molecule has 1 aliphatic rings. The number of thioether (sulfide) groups is 1. The van der Waals surface area contributed by atoms with Crippen LogP contribution in [0.4, 0.5) is 5.69 Å². The van der Waals surface area contributed by atoms with Crippen LogP contribution in [0.3, 0.4) is 0 Å². The molecule has 4 rings (SSSR count). The fraction of sp³-hybridized carbons (Fsp3) is 0.333. The number of nitrogens with zero attached hydrogens (tertiary/aromatic N) is 2. The van der Waals surface area contributed by atoms with Gasteiger partial charge in [-0.15, -0.1) is 11.3 Å². The van der Waals surface area contributed by atoms with Crippen molar-refractivity contribution in [3.8, 4) is 0 Å². The third-order valence-electron chi connectivity index (χ3n) is 4.93. The van der Waals surface area contributed by atoms with E-state index in [2.05, 4.69) is 15.3 Å². The molecule has 1 aliphatic carbocycles. The third kappa shape index (κ3) is 3.82. The number of anilines is 1. The number of nitrogens with one attached hydrogen (secondary N) is 1. The lowest BCUT2D eigenvalue weighted by Gasteiger charge is -2.14. The second-order valence-corrected chi connectivity index (χ2v) is 9.37. The van der Waals surface area contributed by atoms with Crippen LogP contribution in [0.5, 0.6) is 0 Å². The summed E-state index contributed by atoms with van der Waals surface area (Å²) in [5, 5.41) is 4.64. The number of aryl methyl sites for hydroxylation is 2. The second-order valence-electron chi connectivity index (χ2n) is 6.95. The normalized spacial score (nSPS) is 14.5. The van der Waals surface area contributed by atoms with E-state index in [4.69, 9.17) is 0 Å². The monoisotopic (exact) mass is 411 g/mol. The molecule has 3 aromatic rings. The molecule has 1 N–H and O–H groups in total. The van der Waals surface area contributed by atoms with E-state index in [0.717, 1.165) is 28.1 Å². The van der Waals surface area contributed by atoms with Crippen molar-refractivity contribution >= 4 is 50.7 Å². The fourth-order valence-electron chi connectivity index (χ4n) is 3.40. The summed E-state index contributed by atoms with van der Waals surface area (Å²) in [6.45, 7) is 3.41. The summed E-state index contributed by atoms with van der Waals surface area (Å²) < 4.78 is 0. The van der Waals surface area contributed by atoms with Gasteiger partial charge in [-0.1, -0.05) is 11.8 Å². The van der Waals surface area contributed by atoms with Gasteiger partial charge in [0.1, 0.15) is 16.2 Å². The van der Waals surface area contributed by atoms with E-state index in [0.29, 0.717) is 11.3 Å². The van der Waals surface area contributed by atoms with Crippen LogP contribution in [-0.4, -0.2) is 26.9 Å². The Balaban J connectivity index is 1.51. The van der Waals surface area contributed by atoms with E-state index in [1.165, 1.54) is 42.0 Å². The summed E-state index contributed by atoms with van der Waals surface area (Å²) in [4.78, 5) is 35.4. The first kappa shape index (κ1) is 19.1. The van der Waals surface area contributed by atoms with Gasteiger partial charge in [-0.25, -0.2) is 9.97 Å². The zero-order valence-electron chi connectivity index (χ0n) is 15.8. The summed E-state index contributed by atoms with van der Waals surface area (Å²) in [7, 11) is 0. The molecule has 0 bridgehead atoms. The Hall–Kier alpha value is -2.25. The van der Waals surface area contributed by atoms with Crippen molar-refractivity contribution < 1.29 is 9.59 Å². The number of aromatic nitrogens is 2. The minimum Gasteiger partial charge on any atom is -0.325 e. The van der Waals surface area contributed by atoms with Crippen LogP contribution in [0.2, 0.25) is 0 Å². The molecule has 0 spiro atoms. The van der Waals surface area contributed by atoms with Crippen molar-refractivity contribution in [2.75, 3.05) is 5.32 Å². The molecule has 5 nitrogen and oxygen atoms in total. The number of hydrogen-bond donors (Lipinski definition) is 1. The van der Waals surface area contributed by atoms with Crippen molar-refractivity contribution in [1.29, 1.82) is 0 Å².